The minimum absolute atomic E-state index is 0.0986. The second-order valence-corrected chi connectivity index (χ2v) is 14.4. The zero-order valence-electron chi connectivity index (χ0n) is 23.5. The summed E-state index contributed by atoms with van der Waals surface area (Å²) in [5, 5.41) is 2.85. The minimum Gasteiger partial charge on any atom is -0.490 e. The van der Waals surface area contributed by atoms with Crippen LogP contribution >= 0.6 is 7.82 Å². The van der Waals surface area contributed by atoms with E-state index in [1.165, 1.54) is 18.4 Å². The summed E-state index contributed by atoms with van der Waals surface area (Å²) in [5.41, 5.74) is 0.982. The van der Waals surface area contributed by atoms with Crippen LogP contribution in [0.4, 0.5) is 4.79 Å². The van der Waals surface area contributed by atoms with Gasteiger partial charge < -0.3 is 24.6 Å². The van der Waals surface area contributed by atoms with Gasteiger partial charge in [-0.2, -0.15) is 0 Å². The molecule has 0 radical (unpaired) electrons. The lowest BCUT2D eigenvalue weighted by molar-refractivity contribution is 0.0312. The Morgan fingerprint density at radius 1 is 0.973 bits per heavy atom. The van der Waals surface area contributed by atoms with Crippen molar-refractivity contribution < 1.29 is 33.1 Å². The van der Waals surface area contributed by atoms with Gasteiger partial charge in [-0.15, -0.1) is 0 Å². The van der Waals surface area contributed by atoms with Crippen molar-refractivity contribution in [3.63, 3.8) is 0 Å². The molecule has 0 spiro atoms. The van der Waals surface area contributed by atoms with Crippen molar-refractivity contribution in [2.24, 2.45) is 17.3 Å². The van der Waals surface area contributed by atoms with E-state index in [9.17, 15) is 19.1 Å². The number of carbonyl (C=O) groups excluding carboxylic acids is 1. The summed E-state index contributed by atoms with van der Waals surface area (Å²) < 4.78 is 28.1. The lowest BCUT2D eigenvalue weighted by Crippen LogP contribution is -2.56. The number of phosphoric ester groups is 1. The number of rotatable bonds is 7. The van der Waals surface area contributed by atoms with Crippen LogP contribution in [0.15, 0.2) is 18.2 Å². The number of aryl methyl sites for hydroxylation is 1. The van der Waals surface area contributed by atoms with Crippen molar-refractivity contribution in [1.29, 1.82) is 0 Å². The SMILES string of the molecule is CC(C)(C)OC(=O)N[C@@](C)(COP(=O)(O)O)[C@@H]1CCc2cc(OC3CCC(C(C)(C)C)CC3)ccc2C1. The summed E-state index contributed by atoms with van der Waals surface area (Å²) in [4.78, 5) is 31.2. The molecule has 1 amide bonds. The van der Waals surface area contributed by atoms with Gasteiger partial charge >= 0.3 is 13.9 Å². The molecule has 8 nitrogen and oxygen atoms in total. The Labute approximate surface area is 222 Å². The second-order valence-electron chi connectivity index (χ2n) is 13.1. The van der Waals surface area contributed by atoms with Crippen LogP contribution in [0.25, 0.3) is 0 Å². The lowest BCUT2D eigenvalue weighted by Gasteiger charge is -2.41. The standard InChI is InChI=1S/C28H46NO7P/c1-26(2,3)21-11-14-23(15-12-21)35-24-13-9-19-16-22(10-8-20(19)17-24)28(7,18-34-37(31,32)33)29-25(30)36-27(4,5)6/h9,13,17,21-23H,8,10-12,14-16,18H2,1-7H3,(H,29,30)(H2,31,32,33)/t21?,22-,23?,28+/m1/s1. The van der Waals surface area contributed by atoms with Gasteiger partial charge in [0.1, 0.15) is 11.4 Å². The maximum atomic E-state index is 12.6. The van der Waals surface area contributed by atoms with Gasteiger partial charge in [0, 0.05) is 0 Å². The fourth-order valence-corrected chi connectivity index (χ4v) is 6.04. The van der Waals surface area contributed by atoms with Gasteiger partial charge in [0.15, 0.2) is 0 Å². The molecule has 3 rings (SSSR count). The number of fused-ring (bicyclic) bond motifs is 1. The van der Waals surface area contributed by atoms with Crippen molar-refractivity contribution in [2.45, 2.75) is 111 Å². The van der Waals surface area contributed by atoms with Crippen LogP contribution < -0.4 is 10.1 Å². The van der Waals surface area contributed by atoms with E-state index in [1.54, 1.807) is 27.7 Å². The summed E-state index contributed by atoms with van der Waals surface area (Å²) in [6, 6.07) is 6.23. The Hall–Kier alpha value is -1.60. The smallest absolute Gasteiger partial charge is 0.469 e. The highest BCUT2D eigenvalue weighted by atomic mass is 31.2. The van der Waals surface area contributed by atoms with Gasteiger partial charge in [-0.25, -0.2) is 9.36 Å². The first-order valence-electron chi connectivity index (χ1n) is 13.4. The first-order chi connectivity index (χ1) is 16.9. The third kappa shape index (κ3) is 8.98. The molecule has 3 N–H and O–H groups in total. The molecule has 0 heterocycles. The van der Waals surface area contributed by atoms with Crippen molar-refractivity contribution >= 4 is 13.9 Å². The molecular formula is C28H46NO7P. The third-order valence-electron chi connectivity index (χ3n) is 7.83. The van der Waals surface area contributed by atoms with Crippen molar-refractivity contribution in [3.05, 3.63) is 29.3 Å². The van der Waals surface area contributed by atoms with E-state index in [1.807, 2.05) is 6.07 Å². The highest BCUT2D eigenvalue weighted by Crippen LogP contribution is 2.42. The van der Waals surface area contributed by atoms with Crippen LogP contribution in [0.3, 0.4) is 0 Å². The summed E-state index contributed by atoms with van der Waals surface area (Å²) in [7, 11) is -4.71. The van der Waals surface area contributed by atoms with Gasteiger partial charge in [0.2, 0.25) is 0 Å². The van der Waals surface area contributed by atoms with Crippen molar-refractivity contribution in [1.82, 2.24) is 5.32 Å². The van der Waals surface area contributed by atoms with Crippen LogP contribution in [0.2, 0.25) is 0 Å². The molecular weight excluding hydrogens is 493 g/mol. The zero-order chi connectivity index (χ0) is 27.6. The number of hydrogen-bond acceptors (Lipinski definition) is 5. The first-order valence-corrected chi connectivity index (χ1v) is 15.0. The van der Waals surface area contributed by atoms with Crippen LogP contribution in [0.5, 0.6) is 5.75 Å². The number of ether oxygens (including phenoxy) is 2. The topological polar surface area (TPSA) is 114 Å². The Kier molecular flexibility index (Phi) is 9.11. The second kappa shape index (κ2) is 11.3. The number of phosphoric acid groups is 1. The molecule has 1 aromatic rings. The number of amides is 1. The highest BCUT2D eigenvalue weighted by Gasteiger charge is 2.41. The van der Waals surface area contributed by atoms with Crippen molar-refractivity contribution in [3.8, 4) is 5.75 Å². The van der Waals surface area contributed by atoms with E-state index in [2.05, 4.69) is 38.2 Å². The fraction of sp³-hybridized carbons (Fsp3) is 0.750. The molecule has 2 atom stereocenters. The lowest BCUT2D eigenvalue weighted by atomic mass is 9.72. The number of nitrogens with one attached hydrogen (secondary N) is 1. The van der Waals surface area contributed by atoms with E-state index in [-0.39, 0.29) is 18.6 Å². The van der Waals surface area contributed by atoms with Gasteiger partial charge in [-0.05, 0) is 113 Å². The Morgan fingerprint density at radius 3 is 2.19 bits per heavy atom. The van der Waals surface area contributed by atoms with E-state index in [4.69, 9.17) is 14.0 Å². The maximum Gasteiger partial charge on any atom is 0.469 e. The van der Waals surface area contributed by atoms with E-state index in [0.717, 1.165) is 42.9 Å². The molecule has 0 saturated heterocycles. The van der Waals surface area contributed by atoms with Gasteiger partial charge in [0.25, 0.3) is 0 Å². The molecule has 0 aliphatic heterocycles. The summed E-state index contributed by atoms with van der Waals surface area (Å²) in [6.45, 7) is 13.7. The maximum absolute atomic E-state index is 12.6. The summed E-state index contributed by atoms with van der Waals surface area (Å²) in [6.07, 6.45) is 6.30. The Morgan fingerprint density at radius 2 is 1.62 bits per heavy atom. The molecule has 210 valence electrons. The molecule has 9 heteroatoms. The van der Waals surface area contributed by atoms with Gasteiger partial charge in [-0.3, -0.25) is 4.52 Å². The van der Waals surface area contributed by atoms with Crippen LogP contribution in [0, 0.1) is 17.3 Å². The third-order valence-corrected chi connectivity index (χ3v) is 8.29. The quantitative estimate of drug-likeness (QED) is 0.355. The van der Waals surface area contributed by atoms with E-state index in [0.29, 0.717) is 11.8 Å². The first kappa shape index (κ1) is 29.9. The minimum atomic E-state index is -4.71. The molecule has 0 bridgehead atoms. The highest BCUT2D eigenvalue weighted by molar-refractivity contribution is 7.46. The molecule has 1 saturated carbocycles. The average Bonchev–Trinajstić information content (AvgIpc) is 2.75. The van der Waals surface area contributed by atoms with E-state index >= 15 is 0 Å². The predicted octanol–water partition coefficient (Wildman–Crippen LogP) is 6.17. The molecule has 2 aliphatic rings. The van der Waals surface area contributed by atoms with E-state index < -0.39 is 25.1 Å². The number of hydrogen-bond donors (Lipinski definition) is 3. The molecule has 0 aromatic heterocycles. The average molecular weight is 540 g/mol. The number of alkyl carbamates (subject to hydrolysis) is 1. The Balaban J connectivity index is 1.68. The largest absolute Gasteiger partial charge is 0.490 e. The number of carbonyl (C=O) groups is 1. The van der Waals surface area contributed by atoms with Gasteiger partial charge in [0.05, 0.1) is 18.2 Å². The molecule has 1 fully saturated rings. The summed E-state index contributed by atoms with van der Waals surface area (Å²) in [5.74, 6) is 1.54. The normalized spacial score (nSPS) is 24.5. The van der Waals surface area contributed by atoms with Crippen LogP contribution in [0.1, 0.15) is 91.7 Å². The Bertz CT molecular complexity index is 985. The van der Waals surface area contributed by atoms with Crippen molar-refractivity contribution in [2.75, 3.05) is 6.61 Å². The van der Waals surface area contributed by atoms with Crippen LogP contribution in [-0.4, -0.2) is 39.7 Å². The monoisotopic (exact) mass is 539 g/mol. The summed E-state index contributed by atoms with van der Waals surface area (Å²) >= 11 is 0. The molecule has 0 unspecified atom stereocenters. The fourth-order valence-electron chi connectivity index (χ4n) is 5.60. The molecule has 1 aromatic carbocycles. The van der Waals surface area contributed by atoms with Crippen LogP contribution in [-0.2, 0) is 26.7 Å². The molecule has 2 aliphatic carbocycles. The predicted molar refractivity (Wildman–Crippen MR) is 144 cm³/mol. The van der Waals surface area contributed by atoms with Gasteiger partial charge in [-0.1, -0.05) is 26.8 Å². The zero-order valence-corrected chi connectivity index (χ0v) is 24.4. The number of benzene rings is 1. The molecule has 37 heavy (non-hydrogen) atoms.